The minimum absolute atomic E-state index is 0.455. The summed E-state index contributed by atoms with van der Waals surface area (Å²) in [5.41, 5.74) is 2.61. The van der Waals surface area contributed by atoms with E-state index >= 15 is 0 Å². The van der Waals surface area contributed by atoms with Gasteiger partial charge in [0.25, 0.3) is 0 Å². The third-order valence-corrected chi connectivity index (χ3v) is 3.29. The molecule has 2 N–H and O–H groups in total. The summed E-state index contributed by atoms with van der Waals surface area (Å²) in [7, 11) is 0. The Labute approximate surface area is 115 Å². The number of rotatable bonds is 6. The van der Waals surface area contributed by atoms with Gasteiger partial charge in [0.2, 0.25) is 0 Å². The van der Waals surface area contributed by atoms with Crippen LogP contribution in [0.25, 0.3) is 0 Å². The van der Waals surface area contributed by atoms with Gasteiger partial charge in [-0.15, -0.1) is 0 Å². The van der Waals surface area contributed by atoms with Gasteiger partial charge in [-0.25, -0.2) is 0 Å². The molecule has 0 heterocycles. The number of ether oxygens (including phenoxy) is 1. The Kier molecular flexibility index (Phi) is 4.99. The third-order valence-electron chi connectivity index (χ3n) is 3.29. The summed E-state index contributed by atoms with van der Waals surface area (Å²) in [6.07, 6.45) is 0. The zero-order chi connectivity index (χ0) is 13.5. The predicted molar refractivity (Wildman–Crippen MR) is 78.1 cm³/mol. The van der Waals surface area contributed by atoms with Crippen LogP contribution < -0.4 is 10.1 Å². The van der Waals surface area contributed by atoms with Gasteiger partial charge in [0, 0.05) is 11.1 Å². The lowest BCUT2D eigenvalue weighted by Crippen LogP contribution is -2.83. The van der Waals surface area contributed by atoms with Crippen LogP contribution in [0.3, 0.4) is 0 Å². The summed E-state index contributed by atoms with van der Waals surface area (Å²) >= 11 is 0. The highest BCUT2D eigenvalue weighted by Gasteiger charge is 2.10. The number of para-hydroxylation sites is 1. The van der Waals surface area contributed by atoms with Gasteiger partial charge < -0.3 is 10.1 Å². The molecular weight excluding hydrogens is 234 g/mol. The molecule has 100 valence electrons. The summed E-state index contributed by atoms with van der Waals surface area (Å²) < 4.78 is 5.65. The van der Waals surface area contributed by atoms with E-state index in [1.807, 2.05) is 19.1 Å². The van der Waals surface area contributed by atoms with Gasteiger partial charge in [0.1, 0.15) is 18.3 Å². The quantitative estimate of drug-likeness (QED) is 0.845. The predicted octanol–water partition coefficient (Wildman–Crippen LogP) is 2.91. The summed E-state index contributed by atoms with van der Waals surface area (Å²) in [4.78, 5) is 0. The molecule has 2 heteroatoms. The Bertz CT molecular complexity index is 496. The summed E-state index contributed by atoms with van der Waals surface area (Å²) in [6, 6.07) is 19.3. The molecule has 0 saturated carbocycles. The van der Waals surface area contributed by atoms with E-state index in [0.717, 1.165) is 12.3 Å². The van der Waals surface area contributed by atoms with Crippen LogP contribution in [-0.4, -0.2) is 6.61 Å². The average Bonchev–Trinajstić information content (AvgIpc) is 2.47. The van der Waals surface area contributed by atoms with Crippen LogP contribution in [0.4, 0.5) is 0 Å². The molecule has 0 radical (unpaired) electrons. The topological polar surface area (TPSA) is 25.8 Å². The van der Waals surface area contributed by atoms with Crippen LogP contribution >= 0.6 is 0 Å². The van der Waals surface area contributed by atoms with Crippen molar-refractivity contribution >= 4 is 0 Å². The molecule has 1 atom stereocenters. The maximum absolute atomic E-state index is 5.65. The van der Waals surface area contributed by atoms with Crippen LogP contribution in [0.15, 0.2) is 54.6 Å². The van der Waals surface area contributed by atoms with Crippen molar-refractivity contribution in [2.45, 2.75) is 26.4 Å². The number of quaternary nitrogens is 1. The van der Waals surface area contributed by atoms with Crippen molar-refractivity contribution in [1.82, 2.24) is 0 Å². The Morgan fingerprint density at radius 2 is 1.68 bits per heavy atom. The first-order valence-electron chi connectivity index (χ1n) is 6.90. The third kappa shape index (κ3) is 3.83. The van der Waals surface area contributed by atoms with Gasteiger partial charge in [0.05, 0.1) is 6.61 Å². The minimum atomic E-state index is 0.455. The molecule has 0 aliphatic rings. The van der Waals surface area contributed by atoms with Gasteiger partial charge in [-0.1, -0.05) is 42.5 Å². The highest BCUT2D eigenvalue weighted by Crippen LogP contribution is 2.17. The standard InChI is InChI=1S/C17H21NO/c1-3-19-17-12-8-7-11-16(17)13-18-14(2)15-9-5-4-6-10-15/h4-12,14,18H,3,13H2,1-2H3/p+1/t14-/m0/s1. The molecule has 0 aromatic heterocycles. The van der Waals surface area contributed by atoms with Crippen LogP contribution in [0.1, 0.15) is 31.0 Å². The van der Waals surface area contributed by atoms with Crippen molar-refractivity contribution in [3.63, 3.8) is 0 Å². The fourth-order valence-corrected chi connectivity index (χ4v) is 2.17. The van der Waals surface area contributed by atoms with E-state index in [0.29, 0.717) is 12.6 Å². The van der Waals surface area contributed by atoms with Crippen LogP contribution in [-0.2, 0) is 6.54 Å². The molecule has 2 nitrogen and oxygen atoms in total. The Hall–Kier alpha value is -1.80. The molecule has 0 aliphatic carbocycles. The summed E-state index contributed by atoms with van der Waals surface area (Å²) in [6.45, 7) is 5.91. The number of hydrogen-bond acceptors (Lipinski definition) is 1. The fourth-order valence-electron chi connectivity index (χ4n) is 2.17. The molecule has 0 aliphatic heterocycles. The number of benzene rings is 2. The van der Waals surface area contributed by atoms with E-state index in [1.54, 1.807) is 0 Å². The molecule has 0 unspecified atom stereocenters. The lowest BCUT2D eigenvalue weighted by Gasteiger charge is -2.13. The molecule has 2 aromatic carbocycles. The highest BCUT2D eigenvalue weighted by atomic mass is 16.5. The van der Waals surface area contributed by atoms with E-state index in [1.165, 1.54) is 11.1 Å². The second-order valence-electron chi connectivity index (χ2n) is 4.68. The van der Waals surface area contributed by atoms with Crippen LogP contribution in [0.2, 0.25) is 0 Å². The lowest BCUT2D eigenvalue weighted by molar-refractivity contribution is -0.708. The molecule has 2 rings (SSSR count). The largest absolute Gasteiger partial charge is 0.493 e. The monoisotopic (exact) mass is 256 g/mol. The van der Waals surface area contributed by atoms with Crippen molar-refractivity contribution in [3.8, 4) is 5.75 Å². The van der Waals surface area contributed by atoms with E-state index < -0.39 is 0 Å². The second-order valence-corrected chi connectivity index (χ2v) is 4.68. The van der Waals surface area contributed by atoms with Gasteiger partial charge in [-0.3, -0.25) is 0 Å². The Morgan fingerprint density at radius 3 is 2.42 bits per heavy atom. The molecule has 2 aromatic rings. The van der Waals surface area contributed by atoms with Crippen molar-refractivity contribution in [1.29, 1.82) is 0 Å². The first-order valence-corrected chi connectivity index (χ1v) is 6.90. The Balaban J connectivity index is 1.99. The van der Waals surface area contributed by atoms with E-state index in [2.05, 4.69) is 54.7 Å². The first-order chi connectivity index (χ1) is 9.31. The molecule has 0 saturated heterocycles. The molecular formula is C17H22NO+. The maximum atomic E-state index is 5.65. The van der Waals surface area contributed by atoms with Crippen molar-refractivity contribution in [2.75, 3.05) is 6.61 Å². The molecule has 0 bridgehead atoms. The molecule has 0 fully saturated rings. The fraction of sp³-hybridized carbons (Fsp3) is 0.294. The van der Waals surface area contributed by atoms with Crippen LogP contribution in [0, 0.1) is 0 Å². The van der Waals surface area contributed by atoms with Crippen molar-refractivity contribution in [3.05, 3.63) is 65.7 Å². The number of hydrogen-bond donors (Lipinski definition) is 1. The highest BCUT2D eigenvalue weighted by molar-refractivity contribution is 5.32. The van der Waals surface area contributed by atoms with Gasteiger partial charge in [-0.2, -0.15) is 0 Å². The number of nitrogens with two attached hydrogens (primary N) is 1. The lowest BCUT2D eigenvalue weighted by atomic mass is 10.1. The van der Waals surface area contributed by atoms with Crippen molar-refractivity contribution in [2.24, 2.45) is 0 Å². The van der Waals surface area contributed by atoms with Gasteiger partial charge >= 0.3 is 0 Å². The van der Waals surface area contributed by atoms with Gasteiger partial charge in [-0.05, 0) is 26.0 Å². The average molecular weight is 256 g/mol. The smallest absolute Gasteiger partial charge is 0.128 e. The van der Waals surface area contributed by atoms with Gasteiger partial charge in [0.15, 0.2) is 0 Å². The SMILES string of the molecule is CCOc1ccccc1C[NH2+][C@@H](C)c1ccccc1. The summed E-state index contributed by atoms with van der Waals surface area (Å²) in [5.74, 6) is 1.00. The molecule has 19 heavy (non-hydrogen) atoms. The molecule has 0 spiro atoms. The van der Waals surface area contributed by atoms with E-state index in [-0.39, 0.29) is 0 Å². The second kappa shape index (κ2) is 6.95. The Morgan fingerprint density at radius 1 is 1.00 bits per heavy atom. The van der Waals surface area contributed by atoms with E-state index in [4.69, 9.17) is 4.74 Å². The zero-order valence-electron chi connectivity index (χ0n) is 11.7. The van der Waals surface area contributed by atoms with E-state index in [9.17, 15) is 0 Å². The van der Waals surface area contributed by atoms with Crippen LogP contribution in [0.5, 0.6) is 5.75 Å². The van der Waals surface area contributed by atoms with Crippen molar-refractivity contribution < 1.29 is 10.1 Å². The summed E-state index contributed by atoms with van der Waals surface area (Å²) in [5, 5.41) is 2.34. The first kappa shape index (κ1) is 13.6. The molecule has 0 amide bonds. The normalized spacial score (nSPS) is 12.1. The minimum Gasteiger partial charge on any atom is -0.493 e. The zero-order valence-corrected chi connectivity index (χ0v) is 11.7. The maximum Gasteiger partial charge on any atom is 0.128 e.